The van der Waals surface area contributed by atoms with Crippen molar-refractivity contribution >= 4 is 11.7 Å². The van der Waals surface area contributed by atoms with Crippen molar-refractivity contribution in [3.63, 3.8) is 0 Å². The van der Waals surface area contributed by atoms with Gasteiger partial charge in [-0.2, -0.15) is 0 Å². The van der Waals surface area contributed by atoms with E-state index in [1.54, 1.807) is 23.2 Å². The molecule has 0 aliphatic carbocycles. The van der Waals surface area contributed by atoms with Crippen LogP contribution in [0.3, 0.4) is 0 Å². The minimum atomic E-state index is -0.480. The Hall–Kier alpha value is -3.21. The molecule has 4 rings (SSSR count). The standard InChI is InChI=1S/C22H20FN3O/c23-20-10-9-18(17-6-2-1-3-7-17)16-19(20)22(27)26-14-12-25(13-15-26)21-8-4-5-11-24-21/h1-11,16H,12-15H2. The molecule has 0 unspecified atom stereocenters. The predicted octanol–water partition coefficient (Wildman–Crippen LogP) is 3.85. The molecule has 1 aromatic heterocycles. The number of pyridine rings is 1. The fraction of sp³-hybridized carbons (Fsp3) is 0.182. The first-order valence-electron chi connectivity index (χ1n) is 9.02. The van der Waals surface area contributed by atoms with Gasteiger partial charge >= 0.3 is 0 Å². The summed E-state index contributed by atoms with van der Waals surface area (Å²) < 4.78 is 14.4. The van der Waals surface area contributed by atoms with Crippen molar-refractivity contribution in [3.8, 4) is 11.1 Å². The number of halogens is 1. The topological polar surface area (TPSA) is 36.4 Å². The van der Waals surface area contributed by atoms with Crippen molar-refractivity contribution in [1.82, 2.24) is 9.88 Å². The van der Waals surface area contributed by atoms with Gasteiger partial charge in [0.05, 0.1) is 5.56 Å². The van der Waals surface area contributed by atoms with Crippen molar-refractivity contribution in [2.75, 3.05) is 31.1 Å². The second-order valence-electron chi connectivity index (χ2n) is 6.53. The zero-order chi connectivity index (χ0) is 18.6. The van der Waals surface area contributed by atoms with Crippen molar-refractivity contribution in [2.24, 2.45) is 0 Å². The number of carbonyl (C=O) groups excluding carboxylic acids is 1. The normalized spacial score (nSPS) is 14.3. The van der Waals surface area contributed by atoms with E-state index < -0.39 is 5.82 Å². The van der Waals surface area contributed by atoms with Crippen molar-refractivity contribution in [3.05, 3.63) is 84.3 Å². The van der Waals surface area contributed by atoms with Gasteiger partial charge in [-0.05, 0) is 35.4 Å². The monoisotopic (exact) mass is 361 g/mol. The molecule has 5 heteroatoms. The van der Waals surface area contributed by atoms with E-state index in [4.69, 9.17) is 0 Å². The van der Waals surface area contributed by atoms with Crippen LogP contribution in [0.25, 0.3) is 11.1 Å². The van der Waals surface area contributed by atoms with Crippen LogP contribution >= 0.6 is 0 Å². The smallest absolute Gasteiger partial charge is 0.256 e. The number of amides is 1. The zero-order valence-corrected chi connectivity index (χ0v) is 14.9. The van der Waals surface area contributed by atoms with Crippen LogP contribution in [0, 0.1) is 5.82 Å². The van der Waals surface area contributed by atoms with Crippen LogP contribution in [0.15, 0.2) is 72.9 Å². The number of hydrogen-bond acceptors (Lipinski definition) is 3. The first kappa shape index (κ1) is 17.2. The third-order valence-electron chi connectivity index (χ3n) is 4.84. The van der Waals surface area contributed by atoms with Gasteiger partial charge in [0.15, 0.2) is 0 Å². The summed E-state index contributed by atoms with van der Waals surface area (Å²) in [6, 6.07) is 20.2. The lowest BCUT2D eigenvalue weighted by Gasteiger charge is -2.35. The lowest BCUT2D eigenvalue weighted by molar-refractivity contribution is 0.0742. The second kappa shape index (κ2) is 7.58. The van der Waals surface area contributed by atoms with Gasteiger partial charge in [-0.1, -0.05) is 42.5 Å². The molecular weight excluding hydrogens is 341 g/mol. The number of benzene rings is 2. The highest BCUT2D eigenvalue weighted by atomic mass is 19.1. The van der Waals surface area contributed by atoms with Gasteiger partial charge in [0.1, 0.15) is 11.6 Å². The zero-order valence-electron chi connectivity index (χ0n) is 14.9. The van der Waals surface area contributed by atoms with E-state index >= 15 is 0 Å². The summed E-state index contributed by atoms with van der Waals surface area (Å²) in [6.07, 6.45) is 1.76. The Labute approximate surface area is 157 Å². The molecule has 3 aromatic rings. The number of aromatic nitrogens is 1. The summed E-state index contributed by atoms with van der Waals surface area (Å²) in [5.74, 6) is 0.166. The SMILES string of the molecule is O=C(c1cc(-c2ccccc2)ccc1F)N1CCN(c2ccccn2)CC1. The highest BCUT2D eigenvalue weighted by Gasteiger charge is 2.25. The van der Waals surface area contributed by atoms with Gasteiger partial charge in [0.2, 0.25) is 0 Å². The van der Waals surface area contributed by atoms with Gasteiger partial charge in [0.25, 0.3) is 5.91 Å². The number of nitrogens with zero attached hydrogens (tertiary/aromatic N) is 3. The Bertz CT molecular complexity index is 923. The van der Waals surface area contributed by atoms with E-state index in [2.05, 4.69) is 9.88 Å². The lowest BCUT2D eigenvalue weighted by Crippen LogP contribution is -2.49. The second-order valence-corrected chi connectivity index (χ2v) is 6.53. The molecule has 4 nitrogen and oxygen atoms in total. The molecule has 1 aliphatic heterocycles. The van der Waals surface area contributed by atoms with E-state index in [9.17, 15) is 9.18 Å². The summed E-state index contributed by atoms with van der Waals surface area (Å²) in [7, 11) is 0. The Balaban J connectivity index is 1.50. The van der Waals surface area contributed by atoms with Crippen LogP contribution in [0.2, 0.25) is 0 Å². The van der Waals surface area contributed by atoms with Crippen LogP contribution < -0.4 is 4.90 Å². The number of carbonyl (C=O) groups is 1. The molecule has 0 saturated carbocycles. The molecule has 27 heavy (non-hydrogen) atoms. The summed E-state index contributed by atoms with van der Waals surface area (Å²) in [5, 5.41) is 0. The molecule has 0 spiro atoms. The van der Waals surface area contributed by atoms with E-state index in [1.165, 1.54) is 6.07 Å². The van der Waals surface area contributed by atoms with Crippen molar-refractivity contribution in [2.45, 2.75) is 0 Å². The number of anilines is 1. The third kappa shape index (κ3) is 3.67. The summed E-state index contributed by atoms with van der Waals surface area (Å²) in [5.41, 5.74) is 1.93. The van der Waals surface area contributed by atoms with E-state index in [1.807, 2.05) is 48.5 Å². The van der Waals surface area contributed by atoms with Gasteiger partial charge < -0.3 is 9.80 Å². The summed E-state index contributed by atoms with van der Waals surface area (Å²) in [6.45, 7) is 2.46. The molecule has 1 aliphatic rings. The molecule has 1 saturated heterocycles. The quantitative estimate of drug-likeness (QED) is 0.711. The predicted molar refractivity (Wildman–Crippen MR) is 104 cm³/mol. The Morgan fingerprint density at radius 3 is 2.30 bits per heavy atom. The van der Waals surface area contributed by atoms with E-state index in [0.29, 0.717) is 26.2 Å². The minimum Gasteiger partial charge on any atom is -0.353 e. The van der Waals surface area contributed by atoms with E-state index in [-0.39, 0.29) is 11.5 Å². The Kier molecular flexibility index (Phi) is 4.83. The molecule has 0 atom stereocenters. The van der Waals surface area contributed by atoms with Crippen LogP contribution in [-0.2, 0) is 0 Å². The van der Waals surface area contributed by atoms with Crippen LogP contribution in [-0.4, -0.2) is 42.0 Å². The van der Waals surface area contributed by atoms with Gasteiger partial charge in [-0.15, -0.1) is 0 Å². The average molecular weight is 361 g/mol. The fourth-order valence-electron chi connectivity index (χ4n) is 3.35. The molecule has 2 heterocycles. The maximum atomic E-state index is 14.4. The van der Waals surface area contributed by atoms with Gasteiger partial charge in [-0.25, -0.2) is 9.37 Å². The number of piperazine rings is 1. The van der Waals surface area contributed by atoms with Gasteiger partial charge in [-0.3, -0.25) is 4.79 Å². The first-order valence-corrected chi connectivity index (χ1v) is 9.02. The summed E-state index contributed by atoms with van der Waals surface area (Å²) >= 11 is 0. The maximum absolute atomic E-state index is 14.4. The first-order chi connectivity index (χ1) is 13.2. The van der Waals surface area contributed by atoms with Crippen molar-refractivity contribution in [1.29, 1.82) is 0 Å². The molecule has 0 N–H and O–H groups in total. The lowest BCUT2D eigenvalue weighted by atomic mass is 10.0. The molecule has 136 valence electrons. The highest BCUT2D eigenvalue weighted by Crippen LogP contribution is 2.23. The van der Waals surface area contributed by atoms with Crippen LogP contribution in [0.4, 0.5) is 10.2 Å². The van der Waals surface area contributed by atoms with Crippen LogP contribution in [0.5, 0.6) is 0 Å². The van der Waals surface area contributed by atoms with Crippen LogP contribution in [0.1, 0.15) is 10.4 Å². The molecule has 2 aromatic carbocycles. The number of rotatable bonds is 3. The highest BCUT2D eigenvalue weighted by molar-refractivity contribution is 5.96. The van der Waals surface area contributed by atoms with Gasteiger partial charge in [0, 0.05) is 32.4 Å². The minimum absolute atomic E-state index is 0.127. The molecule has 1 fully saturated rings. The molecular formula is C22H20FN3O. The third-order valence-corrected chi connectivity index (χ3v) is 4.84. The van der Waals surface area contributed by atoms with E-state index in [0.717, 1.165) is 16.9 Å². The Morgan fingerprint density at radius 1 is 0.852 bits per heavy atom. The number of hydrogen-bond donors (Lipinski definition) is 0. The summed E-state index contributed by atoms with van der Waals surface area (Å²) in [4.78, 5) is 21.1. The molecule has 0 bridgehead atoms. The largest absolute Gasteiger partial charge is 0.353 e. The van der Waals surface area contributed by atoms with Crippen molar-refractivity contribution < 1.29 is 9.18 Å². The Morgan fingerprint density at radius 2 is 1.59 bits per heavy atom. The average Bonchev–Trinajstić information content (AvgIpc) is 2.75. The fourth-order valence-corrected chi connectivity index (χ4v) is 3.35. The molecule has 0 radical (unpaired) electrons. The molecule has 1 amide bonds. The maximum Gasteiger partial charge on any atom is 0.256 e.